The minimum Gasteiger partial charge on any atom is -0.507 e. The number of rotatable bonds is 2. The lowest BCUT2D eigenvalue weighted by Crippen LogP contribution is -2.45. The first-order valence-electron chi connectivity index (χ1n) is 4.67. The molecule has 0 spiro atoms. The van der Waals surface area contributed by atoms with Gasteiger partial charge in [0.1, 0.15) is 11.8 Å². The number of hydrogen-bond acceptors (Lipinski definition) is 2. The van der Waals surface area contributed by atoms with Crippen molar-refractivity contribution in [2.24, 2.45) is 5.73 Å². The number of phenols is 1. The number of nitrogens with two attached hydrogens (primary N) is 1. The quantitative estimate of drug-likeness (QED) is 0.808. The van der Waals surface area contributed by atoms with Gasteiger partial charge in [-0.25, -0.2) is 0 Å². The minimum absolute atomic E-state index is 0. The average Bonchev–Trinajstić information content (AvgIpc) is 2.20. The van der Waals surface area contributed by atoms with Gasteiger partial charge in [-0.15, -0.1) is 12.4 Å². The van der Waals surface area contributed by atoms with Crippen LogP contribution in [0.15, 0.2) is 12.1 Å². The molecule has 110 valence electrons. The van der Waals surface area contributed by atoms with E-state index in [-0.39, 0.29) is 23.0 Å². The summed E-state index contributed by atoms with van der Waals surface area (Å²) in [6, 6.07) is -0.720. The topological polar surface area (TPSA) is 46.2 Å². The van der Waals surface area contributed by atoms with Crippen molar-refractivity contribution in [2.75, 3.05) is 0 Å². The van der Waals surface area contributed by atoms with Crippen LogP contribution in [0.2, 0.25) is 5.02 Å². The van der Waals surface area contributed by atoms with E-state index in [1.54, 1.807) is 0 Å². The number of benzene rings is 1. The summed E-state index contributed by atoms with van der Waals surface area (Å²) in [6.45, 7) is 1.31. The average molecular weight is 326 g/mol. The molecule has 0 aliphatic heterocycles. The standard InChI is InChI=1S/C10H9ClF5NO.ClH/c1-4-2-5(11)3-6(7(4)18)8(17)9(12,13)10(14,15)16;/h2-3,8,18H,17H2,1H3;1H/t8-;/m1./s1. The highest BCUT2D eigenvalue weighted by Gasteiger charge is 2.62. The number of alkyl halides is 5. The van der Waals surface area contributed by atoms with Crippen molar-refractivity contribution in [2.45, 2.75) is 25.1 Å². The Morgan fingerprint density at radius 3 is 2.11 bits per heavy atom. The second-order valence-electron chi connectivity index (χ2n) is 3.76. The van der Waals surface area contributed by atoms with Gasteiger partial charge in [0.15, 0.2) is 0 Å². The van der Waals surface area contributed by atoms with Crippen molar-refractivity contribution >= 4 is 24.0 Å². The molecule has 1 rings (SSSR count). The molecule has 0 unspecified atom stereocenters. The van der Waals surface area contributed by atoms with Gasteiger partial charge in [-0.2, -0.15) is 22.0 Å². The minimum atomic E-state index is -5.81. The molecule has 0 aliphatic rings. The summed E-state index contributed by atoms with van der Waals surface area (Å²) in [5.41, 5.74) is 4.22. The molecule has 0 saturated carbocycles. The highest BCUT2D eigenvalue weighted by Crippen LogP contribution is 2.46. The number of phenolic OH excluding ortho intramolecular Hbond substituents is 1. The first kappa shape index (κ1) is 18.2. The molecule has 19 heavy (non-hydrogen) atoms. The molecule has 0 heterocycles. The third-order valence-electron chi connectivity index (χ3n) is 2.40. The van der Waals surface area contributed by atoms with Crippen LogP contribution in [0, 0.1) is 6.92 Å². The molecule has 0 radical (unpaired) electrons. The molecule has 9 heteroatoms. The van der Waals surface area contributed by atoms with Gasteiger partial charge in [0.05, 0.1) is 0 Å². The molecule has 0 bridgehead atoms. The van der Waals surface area contributed by atoms with E-state index in [1.165, 1.54) is 13.0 Å². The van der Waals surface area contributed by atoms with Gasteiger partial charge in [0.2, 0.25) is 0 Å². The number of halogens is 7. The van der Waals surface area contributed by atoms with E-state index >= 15 is 0 Å². The van der Waals surface area contributed by atoms with Crippen LogP contribution in [0.5, 0.6) is 5.75 Å². The van der Waals surface area contributed by atoms with Gasteiger partial charge in [-0.3, -0.25) is 0 Å². The normalized spacial score (nSPS) is 13.9. The maximum absolute atomic E-state index is 13.0. The molecular weight excluding hydrogens is 316 g/mol. The predicted octanol–water partition coefficient (Wildman–Crippen LogP) is 3.97. The Morgan fingerprint density at radius 2 is 1.68 bits per heavy atom. The molecule has 0 saturated heterocycles. The molecule has 0 amide bonds. The zero-order valence-electron chi connectivity index (χ0n) is 9.43. The lowest BCUT2D eigenvalue weighted by atomic mass is 9.98. The van der Waals surface area contributed by atoms with Gasteiger partial charge >= 0.3 is 12.1 Å². The zero-order chi connectivity index (χ0) is 14.3. The number of aromatic hydroxyl groups is 1. The van der Waals surface area contributed by atoms with E-state index in [9.17, 15) is 27.1 Å². The fourth-order valence-electron chi connectivity index (χ4n) is 1.37. The lowest BCUT2D eigenvalue weighted by molar-refractivity contribution is -0.291. The Hall–Kier alpha value is -0.790. The van der Waals surface area contributed by atoms with Crippen molar-refractivity contribution in [3.8, 4) is 5.75 Å². The maximum atomic E-state index is 13.0. The summed E-state index contributed by atoms with van der Waals surface area (Å²) < 4.78 is 62.6. The highest BCUT2D eigenvalue weighted by molar-refractivity contribution is 6.30. The summed E-state index contributed by atoms with van der Waals surface area (Å²) in [7, 11) is 0. The van der Waals surface area contributed by atoms with Crippen LogP contribution in [0.1, 0.15) is 17.2 Å². The van der Waals surface area contributed by atoms with Crippen molar-refractivity contribution in [1.29, 1.82) is 0 Å². The Morgan fingerprint density at radius 1 is 1.21 bits per heavy atom. The van der Waals surface area contributed by atoms with Gasteiger partial charge in [-0.1, -0.05) is 11.6 Å². The maximum Gasteiger partial charge on any atom is 0.455 e. The molecule has 0 aliphatic carbocycles. The molecule has 3 N–H and O–H groups in total. The van der Waals surface area contributed by atoms with Crippen LogP contribution in [-0.2, 0) is 0 Å². The second-order valence-corrected chi connectivity index (χ2v) is 4.20. The Balaban J connectivity index is 0.00000324. The van der Waals surface area contributed by atoms with Gasteiger partial charge < -0.3 is 10.8 Å². The molecule has 1 aromatic rings. The van der Waals surface area contributed by atoms with Gasteiger partial charge in [0.25, 0.3) is 0 Å². The van der Waals surface area contributed by atoms with E-state index in [1.807, 2.05) is 0 Å². The van der Waals surface area contributed by atoms with E-state index in [0.29, 0.717) is 0 Å². The largest absolute Gasteiger partial charge is 0.507 e. The summed E-state index contributed by atoms with van der Waals surface area (Å²) in [5, 5.41) is 9.39. The van der Waals surface area contributed by atoms with Crippen LogP contribution >= 0.6 is 24.0 Å². The molecular formula is C10H10Cl2F5NO. The van der Waals surface area contributed by atoms with Crippen molar-refractivity contribution in [3.05, 3.63) is 28.3 Å². The van der Waals surface area contributed by atoms with Crippen molar-refractivity contribution in [3.63, 3.8) is 0 Å². The third kappa shape index (κ3) is 3.40. The summed E-state index contributed by atoms with van der Waals surface area (Å²) >= 11 is 5.54. The summed E-state index contributed by atoms with van der Waals surface area (Å²) in [5.74, 6) is -5.89. The van der Waals surface area contributed by atoms with Gasteiger partial charge in [-0.05, 0) is 24.6 Å². The van der Waals surface area contributed by atoms with Crippen molar-refractivity contribution in [1.82, 2.24) is 0 Å². The van der Waals surface area contributed by atoms with Crippen LogP contribution < -0.4 is 5.73 Å². The van der Waals surface area contributed by atoms with E-state index in [4.69, 9.17) is 17.3 Å². The smallest absolute Gasteiger partial charge is 0.455 e. The second kappa shape index (κ2) is 5.68. The highest BCUT2D eigenvalue weighted by atomic mass is 35.5. The fraction of sp³-hybridized carbons (Fsp3) is 0.400. The lowest BCUT2D eigenvalue weighted by Gasteiger charge is -2.26. The predicted molar refractivity (Wildman–Crippen MR) is 63.0 cm³/mol. The molecule has 1 aromatic carbocycles. The molecule has 2 nitrogen and oxygen atoms in total. The van der Waals surface area contributed by atoms with Crippen LogP contribution in [-0.4, -0.2) is 17.2 Å². The van der Waals surface area contributed by atoms with Crippen LogP contribution in [0.4, 0.5) is 22.0 Å². The number of aryl methyl sites for hydroxylation is 1. The summed E-state index contributed by atoms with van der Waals surface area (Å²) in [4.78, 5) is 0. The van der Waals surface area contributed by atoms with Crippen LogP contribution in [0.25, 0.3) is 0 Å². The van der Waals surface area contributed by atoms with E-state index < -0.39 is 29.5 Å². The van der Waals surface area contributed by atoms with Gasteiger partial charge in [0, 0.05) is 10.6 Å². The summed E-state index contributed by atoms with van der Waals surface area (Å²) in [6.07, 6.45) is -5.81. The van der Waals surface area contributed by atoms with Crippen molar-refractivity contribution < 1.29 is 27.1 Å². The zero-order valence-corrected chi connectivity index (χ0v) is 11.0. The third-order valence-corrected chi connectivity index (χ3v) is 2.62. The van der Waals surface area contributed by atoms with E-state index in [2.05, 4.69) is 0 Å². The first-order valence-corrected chi connectivity index (χ1v) is 5.05. The Bertz CT molecular complexity index is 464. The fourth-order valence-corrected chi connectivity index (χ4v) is 1.65. The first-order chi connectivity index (χ1) is 7.98. The molecule has 0 fully saturated rings. The SMILES string of the molecule is Cc1cc(Cl)cc([C@@H](N)C(F)(F)C(F)(F)F)c1O.Cl. The Labute approximate surface area is 116 Å². The molecule has 0 aromatic heterocycles. The Kier molecular flexibility index (Phi) is 5.45. The number of hydrogen-bond donors (Lipinski definition) is 2. The van der Waals surface area contributed by atoms with E-state index in [0.717, 1.165) is 6.07 Å². The monoisotopic (exact) mass is 325 g/mol. The van der Waals surface area contributed by atoms with Crippen LogP contribution in [0.3, 0.4) is 0 Å². The molecule has 1 atom stereocenters.